The molecule has 0 saturated heterocycles. The molecule has 0 atom stereocenters. The Morgan fingerprint density at radius 3 is 2.45 bits per heavy atom. The highest BCUT2D eigenvalue weighted by molar-refractivity contribution is 5.20. The van der Waals surface area contributed by atoms with E-state index >= 15 is 0 Å². The van der Waals surface area contributed by atoms with Gasteiger partial charge in [0.25, 0.3) is 0 Å². The van der Waals surface area contributed by atoms with E-state index < -0.39 is 0 Å². The van der Waals surface area contributed by atoms with Crippen LogP contribution in [0.2, 0.25) is 0 Å². The fraction of sp³-hybridized carbons (Fsp3) is 0.353. The molecule has 0 bridgehead atoms. The molecule has 2 rings (SSSR count). The van der Waals surface area contributed by atoms with Crippen LogP contribution in [-0.4, -0.2) is 15.9 Å². The van der Waals surface area contributed by atoms with Crippen LogP contribution in [0.15, 0.2) is 48.7 Å². The van der Waals surface area contributed by atoms with Crippen LogP contribution in [0, 0.1) is 0 Å². The van der Waals surface area contributed by atoms with E-state index in [4.69, 9.17) is 5.73 Å². The number of hydrogen-bond donors (Lipinski definition) is 1. The third kappa shape index (κ3) is 3.89. The molecule has 1 aromatic carbocycles. The molecule has 0 amide bonds. The molecule has 0 saturated carbocycles. The summed E-state index contributed by atoms with van der Waals surface area (Å²) in [6.07, 6.45) is 1.81. The summed E-state index contributed by atoms with van der Waals surface area (Å²) in [6.45, 7) is 6.76. The third-order valence-corrected chi connectivity index (χ3v) is 3.51. The lowest BCUT2D eigenvalue weighted by molar-refractivity contribution is 0.203. The molecule has 2 N–H and O–H groups in total. The van der Waals surface area contributed by atoms with Crippen LogP contribution in [0.25, 0.3) is 0 Å². The van der Waals surface area contributed by atoms with E-state index in [1.807, 2.05) is 12.3 Å². The van der Waals surface area contributed by atoms with E-state index in [0.717, 1.165) is 18.8 Å². The van der Waals surface area contributed by atoms with E-state index in [2.05, 4.69) is 60.1 Å². The summed E-state index contributed by atoms with van der Waals surface area (Å²) in [5.41, 5.74) is 9.32. The van der Waals surface area contributed by atoms with Crippen LogP contribution in [0.5, 0.6) is 0 Å². The molecule has 0 radical (unpaired) electrons. The predicted molar refractivity (Wildman–Crippen MR) is 83.0 cm³/mol. The highest BCUT2D eigenvalue weighted by atomic mass is 15.1. The van der Waals surface area contributed by atoms with Crippen molar-refractivity contribution in [3.63, 3.8) is 0 Å². The first-order chi connectivity index (χ1) is 9.70. The summed E-state index contributed by atoms with van der Waals surface area (Å²) < 4.78 is 0. The quantitative estimate of drug-likeness (QED) is 0.876. The Hall–Kier alpha value is -1.71. The minimum atomic E-state index is 0.473. The third-order valence-electron chi connectivity index (χ3n) is 3.51. The van der Waals surface area contributed by atoms with Gasteiger partial charge in [-0.25, -0.2) is 0 Å². The second kappa shape index (κ2) is 7.17. The molecule has 0 aliphatic rings. The first-order valence-corrected chi connectivity index (χ1v) is 7.11. The van der Waals surface area contributed by atoms with Crippen molar-refractivity contribution < 1.29 is 0 Å². The van der Waals surface area contributed by atoms with Crippen LogP contribution in [0.1, 0.15) is 30.7 Å². The molecule has 106 valence electrons. The smallest absolute Gasteiger partial charge is 0.0584 e. The first kappa shape index (κ1) is 14.7. The lowest BCUT2D eigenvalue weighted by Crippen LogP contribution is -2.30. The van der Waals surface area contributed by atoms with Crippen molar-refractivity contribution >= 4 is 0 Å². The molecule has 0 aliphatic heterocycles. The van der Waals surface area contributed by atoms with E-state index in [0.29, 0.717) is 12.6 Å². The van der Waals surface area contributed by atoms with Crippen molar-refractivity contribution in [2.45, 2.75) is 39.5 Å². The van der Waals surface area contributed by atoms with E-state index in [1.54, 1.807) is 0 Å². The molecule has 0 unspecified atom stereocenters. The summed E-state index contributed by atoms with van der Waals surface area (Å²) in [5, 5.41) is 0. The fourth-order valence-corrected chi connectivity index (χ4v) is 2.26. The summed E-state index contributed by atoms with van der Waals surface area (Å²) in [7, 11) is 0. The molecule has 0 spiro atoms. The van der Waals surface area contributed by atoms with Gasteiger partial charge in [-0.3, -0.25) is 9.88 Å². The van der Waals surface area contributed by atoms with Gasteiger partial charge >= 0.3 is 0 Å². The molecule has 1 aromatic heterocycles. The highest BCUT2D eigenvalue weighted by Crippen LogP contribution is 2.14. The van der Waals surface area contributed by atoms with Crippen molar-refractivity contribution in [3.8, 4) is 0 Å². The van der Waals surface area contributed by atoms with Crippen molar-refractivity contribution in [2.24, 2.45) is 5.73 Å². The molecule has 0 aliphatic carbocycles. The van der Waals surface area contributed by atoms with E-state index in [-0.39, 0.29) is 0 Å². The number of hydrogen-bond acceptors (Lipinski definition) is 3. The molecule has 20 heavy (non-hydrogen) atoms. The molecule has 1 heterocycles. The first-order valence-electron chi connectivity index (χ1n) is 7.11. The maximum atomic E-state index is 5.77. The zero-order chi connectivity index (χ0) is 14.4. The van der Waals surface area contributed by atoms with Crippen molar-refractivity contribution in [2.75, 3.05) is 0 Å². The van der Waals surface area contributed by atoms with Gasteiger partial charge in [-0.2, -0.15) is 0 Å². The Bertz CT molecular complexity index is 523. The van der Waals surface area contributed by atoms with Gasteiger partial charge in [0.2, 0.25) is 0 Å². The van der Waals surface area contributed by atoms with Crippen LogP contribution >= 0.6 is 0 Å². The van der Waals surface area contributed by atoms with Crippen LogP contribution in [0.3, 0.4) is 0 Å². The summed E-state index contributed by atoms with van der Waals surface area (Å²) in [6, 6.07) is 15.1. The van der Waals surface area contributed by atoms with Crippen LogP contribution in [0.4, 0.5) is 0 Å². The van der Waals surface area contributed by atoms with Gasteiger partial charge in [0, 0.05) is 31.9 Å². The van der Waals surface area contributed by atoms with Gasteiger partial charge in [0.05, 0.1) is 5.69 Å². The standard InChI is InChI=1S/C17H23N3/c1-14(2)20(12-15-7-4-3-5-8-15)13-16-9-6-10-19-17(16)11-18/h3-10,14H,11-13,18H2,1-2H3. The molecular weight excluding hydrogens is 246 g/mol. The summed E-state index contributed by atoms with van der Waals surface area (Å²) >= 11 is 0. The number of nitrogens with two attached hydrogens (primary N) is 1. The Morgan fingerprint density at radius 2 is 1.80 bits per heavy atom. The molecule has 2 aromatic rings. The Labute approximate surface area is 121 Å². The van der Waals surface area contributed by atoms with Crippen LogP contribution in [-0.2, 0) is 19.6 Å². The molecule has 3 nitrogen and oxygen atoms in total. The average Bonchev–Trinajstić information content (AvgIpc) is 2.48. The highest BCUT2D eigenvalue weighted by Gasteiger charge is 2.13. The number of pyridine rings is 1. The minimum Gasteiger partial charge on any atom is -0.325 e. The maximum Gasteiger partial charge on any atom is 0.0584 e. The zero-order valence-electron chi connectivity index (χ0n) is 12.3. The summed E-state index contributed by atoms with van der Waals surface area (Å²) in [4.78, 5) is 6.80. The van der Waals surface area contributed by atoms with Crippen molar-refractivity contribution in [3.05, 3.63) is 65.5 Å². The topological polar surface area (TPSA) is 42.2 Å². The largest absolute Gasteiger partial charge is 0.325 e. The molecule has 0 fully saturated rings. The fourth-order valence-electron chi connectivity index (χ4n) is 2.26. The monoisotopic (exact) mass is 269 g/mol. The SMILES string of the molecule is CC(C)N(Cc1ccccc1)Cc1cccnc1CN. The zero-order valence-corrected chi connectivity index (χ0v) is 12.3. The number of rotatable bonds is 6. The second-order valence-electron chi connectivity index (χ2n) is 5.30. The van der Waals surface area contributed by atoms with Gasteiger partial charge in [0.1, 0.15) is 0 Å². The lowest BCUT2D eigenvalue weighted by Gasteiger charge is -2.27. The van der Waals surface area contributed by atoms with E-state index in [1.165, 1.54) is 11.1 Å². The molecule has 3 heteroatoms. The van der Waals surface area contributed by atoms with Crippen molar-refractivity contribution in [1.82, 2.24) is 9.88 Å². The Morgan fingerprint density at radius 1 is 1.05 bits per heavy atom. The number of benzene rings is 1. The van der Waals surface area contributed by atoms with Gasteiger partial charge in [-0.05, 0) is 31.0 Å². The van der Waals surface area contributed by atoms with Gasteiger partial charge in [0.15, 0.2) is 0 Å². The predicted octanol–water partition coefficient (Wildman–Crippen LogP) is 2.95. The van der Waals surface area contributed by atoms with E-state index in [9.17, 15) is 0 Å². The Kier molecular flexibility index (Phi) is 5.27. The number of aromatic nitrogens is 1. The van der Waals surface area contributed by atoms with Gasteiger partial charge in [-0.1, -0.05) is 36.4 Å². The van der Waals surface area contributed by atoms with Crippen LogP contribution < -0.4 is 5.73 Å². The Balaban J connectivity index is 2.13. The van der Waals surface area contributed by atoms with Gasteiger partial charge < -0.3 is 5.73 Å². The average molecular weight is 269 g/mol. The molecular formula is C17H23N3. The number of nitrogens with zero attached hydrogens (tertiary/aromatic N) is 2. The summed E-state index contributed by atoms with van der Waals surface area (Å²) in [5.74, 6) is 0. The minimum absolute atomic E-state index is 0.473. The lowest BCUT2D eigenvalue weighted by atomic mass is 10.1. The maximum absolute atomic E-state index is 5.77. The normalized spacial score (nSPS) is 11.2. The second-order valence-corrected chi connectivity index (χ2v) is 5.30. The van der Waals surface area contributed by atoms with Crippen molar-refractivity contribution in [1.29, 1.82) is 0 Å². The van der Waals surface area contributed by atoms with Gasteiger partial charge in [-0.15, -0.1) is 0 Å².